The monoisotopic (exact) mass is 475 g/mol. The summed E-state index contributed by atoms with van der Waals surface area (Å²) in [5.41, 5.74) is 1.07. The molecular formula is C21H25N5O6S. The minimum Gasteiger partial charge on any atom is -0.465 e. The molecule has 1 unspecified atom stereocenters. The third-order valence-electron chi connectivity index (χ3n) is 5.45. The first-order valence-electron chi connectivity index (χ1n) is 10.7. The Morgan fingerprint density at radius 1 is 1.27 bits per heavy atom. The average Bonchev–Trinajstić information content (AvgIpc) is 3.43. The molecule has 0 aromatic carbocycles. The highest BCUT2D eigenvalue weighted by Crippen LogP contribution is 2.28. The average molecular weight is 476 g/mol. The molecule has 1 saturated heterocycles. The van der Waals surface area contributed by atoms with Crippen molar-refractivity contribution in [2.75, 3.05) is 19.7 Å². The van der Waals surface area contributed by atoms with E-state index in [0.29, 0.717) is 49.6 Å². The molecule has 0 N–H and O–H groups in total. The van der Waals surface area contributed by atoms with Crippen LogP contribution in [0.2, 0.25) is 0 Å². The molecule has 1 aliphatic rings. The first-order chi connectivity index (χ1) is 15.9. The fraction of sp³-hybridized carbons (Fsp3) is 0.476. The van der Waals surface area contributed by atoms with Gasteiger partial charge in [-0.15, -0.1) is 0 Å². The lowest BCUT2D eigenvalue weighted by Gasteiger charge is -2.30. The van der Waals surface area contributed by atoms with Crippen molar-refractivity contribution in [3.63, 3.8) is 0 Å². The fourth-order valence-corrected chi connectivity index (χ4v) is 5.62. The van der Waals surface area contributed by atoms with Crippen LogP contribution in [-0.4, -0.2) is 58.7 Å². The second-order valence-electron chi connectivity index (χ2n) is 7.88. The topological polar surface area (TPSA) is 142 Å². The molecule has 1 atom stereocenters. The number of rotatable bonds is 8. The van der Waals surface area contributed by atoms with E-state index < -0.39 is 21.9 Å². The van der Waals surface area contributed by atoms with Gasteiger partial charge in [0.2, 0.25) is 21.7 Å². The van der Waals surface area contributed by atoms with Gasteiger partial charge in [-0.2, -0.15) is 9.29 Å². The molecule has 0 bridgehead atoms. The van der Waals surface area contributed by atoms with Gasteiger partial charge in [0.05, 0.1) is 12.5 Å². The van der Waals surface area contributed by atoms with Crippen LogP contribution in [0, 0.1) is 19.8 Å². The van der Waals surface area contributed by atoms with Crippen molar-refractivity contribution >= 4 is 16.0 Å². The van der Waals surface area contributed by atoms with E-state index in [1.165, 1.54) is 4.31 Å². The van der Waals surface area contributed by atoms with Gasteiger partial charge < -0.3 is 13.8 Å². The van der Waals surface area contributed by atoms with Crippen LogP contribution in [0.5, 0.6) is 0 Å². The normalized spacial score (nSPS) is 17.2. The van der Waals surface area contributed by atoms with Crippen molar-refractivity contribution in [3.8, 4) is 11.4 Å². The summed E-state index contributed by atoms with van der Waals surface area (Å²) in [4.78, 5) is 21.0. The number of carbonyl (C=O) groups is 1. The number of aromatic nitrogens is 4. The maximum Gasteiger partial charge on any atom is 0.310 e. The molecule has 11 nitrogen and oxygen atoms in total. The number of pyridine rings is 1. The number of aryl methyl sites for hydroxylation is 3. The van der Waals surface area contributed by atoms with Crippen molar-refractivity contribution in [2.24, 2.45) is 5.92 Å². The van der Waals surface area contributed by atoms with Gasteiger partial charge in [0.25, 0.3) is 0 Å². The zero-order chi connectivity index (χ0) is 23.4. The molecule has 0 aliphatic carbocycles. The van der Waals surface area contributed by atoms with Crippen molar-refractivity contribution in [3.05, 3.63) is 41.9 Å². The highest BCUT2D eigenvalue weighted by atomic mass is 32.2. The van der Waals surface area contributed by atoms with E-state index in [1.807, 2.05) is 6.07 Å². The van der Waals surface area contributed by atoms with Crippen LogP contribution in [0.3, 0.4) is 0 Å². The predicted octanol–water partition coefficient (Wildman–Crippen LogP) is 2.31. The molecule has 0 spiro atoms. The van der Waals surface area contributed by atoms with Gasteiger partial charge in [-0.3, -0.25) is 9.78 Å². The lowest BCUT2D eigenvalue weighted by atomic mass is 10.00. The summed E-state index contributed by atoms with van der Waals surface area (Å²) in [5, 5.41) is 7.66. The zero-order valence-electron chi connectivity index (χ0n) is 18.4. The summed E-state index contributed by atoms with van der Waals surface area (Å²) in [5.74, 6) is 0.214. The molecule has 1 fully saturated rings. The number of hydrogen-bond donors (Lipinski definition) is 0. The van der Waals surface area contributed by atoms with Gasteiger partial charge in [-0.05, 0) is 45.2 Å². The standard InChI is InChI=1S/C21H25N5O6S/c1-14-19(15(2)31-24-14)33(28,29)26-10-4-7-17(13-26)21(27)30-11-5-8-18-23-20(25-32-18)16-6-3-9-22-12-16/h3,6,9,12,17H,4-5,7-8,10-11,13H2,1-2H3. The van der Waals surface area contributed by atoms with E-state index in [-0.39, 0.29) is 23.8 Å². The summed E-state index contributed by atoms with van der Waals surface area (Å²) in [6.07, 6.45) is 5.42. The summed E-state index contributed by atoms with van der Waals surface area (Å²) >= 11 is 0. The van der Waals surface area contributed by atoms with E-state index in [9.17, 15) is 13.2 Å². The highest BCUT2D eigenvalue weighted by Gasteiger charge is 2.37. The van der Waals surface area contributed by atoms with Gasteiger partial charge in [0.1, 0.15) is 10.6 Å². The molecule has 176 valence electrons. The van der Waals surface area contributed by atoms with Crippen molar-refractivity contribution in [1.29, 1.82) is 0 Å². The van der Waals surface area contributed by atoms with E-state index in [1.54, 1.807) is 32.3 Å². The van der Waals surface area contributed by atoms with Crippen LogP contribution in [-0.2, 0) is 26.0 Å². The molecule has 4 rings (SSSR count). The molecule has 0 radical (unpaired) electrons. The molecule has 12 heteroatoms. The number of sulfonamides is 1. The van der Waals surface area contributed by atoms with Gasteiger partial charge >= 0.3 is 5.97 Å². The number of ether oxygens (including phenoxy) is 1. The largest absolute Gasteiger partial charge is 0.465 e. The van der Waals surface area contributed by atoms with E-state index in [0.717, 1.165) is 5.56 Å². The molecule has 0 saturated carbocycles. The Labute approximate surface area is 191 Å². The number of piperidine rings is 1. The minimum absolute atomic E-state index is 0.0710. The number of nitrogens with zero attached hydrogens (tertiary/aromatic N) is 5. The Balaban J connectivity index is 1.27. The van der Waals surface area contributed by atoms with Crippen LogP contribution in [0.25, 0.3) is 11.4 Å². The van der Waals surface area contributed by atoms with Crippen LogP contribution >= 0.6 is 0 Å². The molecule has 0 amide bonds. The lowest BCUT2D eigenvalue weighted by Crippen LogP contribution is -2.43. The fourth-order valence-electron chi connectivity index (χ4n) is 3.81. The lowest BCUT2D eigenvalue weighted by molar-refractivity contribution is -0.149. The second kappa shape index (κ2) is 9.79. The molecular weight excluding hydrogens is 450 g/mol. The van der Waals surface area contributed by atoms with Crippen LogP contribution < -0.4 is 0 Å². The molecule has 1 aliphatic heterocycles. The maximum atomic E-state index is 13.0. The van der Waals surface area contributed by atoms with Crippen molar-refractivity contribution < 1.29 is 27.0 Å². The SMILES string of the molecule is Cc1noc(C)c1S(=O)(=O)N1CCCC(C(=O)OCCCc2nc(-c3cccnc3)no2)C1. The smallest absolute Gasteiger partial charge is 0.310 e. The van der Waals surface area contributed by atoms with Gasteiger partial charge in [-0.1, -0.05) is 10.3 Å². The Morgan fingerprint density at radius 2 is 2.12 bits per heavy atom. The second-order valence-corrected chi connectivity index (χ2v) is 9.75. The third kappa shape index (κ3) is 5.11. The van der Waals surface area contributed by atoms with E-state index >= 15 is 0 Å². The van der Waals surface area contributed by atoms with Crippen molar-refractivity contribution in [1.82, 2.24) is 24.6 Å². The molecule has 4 heterocycles. The molecule has 3 aromatic heterocycles. The summed E-state index contributed by atoms with van der Waals surface area (Å²) in [6.45, 7) is 3.74. The molecule has 3 aromatic rings. The Bertz CT molecular complexity index is 1190. The first-order valence-corrected chi connectivity index (χ1v) is 12.1. The van der Waals surface area contributed by atoms with E-state index in [4.69, 9.17) is 13.8 Å². The molecule has 33 heavy (non-hydrogen) atoms. The number of carbonyl (C=O) groups excluding carboxylic acids is 1. The number of esters is 1. The van der Waals surface area contributed by atoms with Crippen LogP contribution in [0.1, 0.15) is 36.6 Å². The first kappa shape index (κ1) is 23.1. The van der Waals surface area contributed by atoms with Gasteiger partial charge in [-0.25, -0.2) is 8.42 Å². The van der Waals surface area contributed by atoms with Crippen LogP contribution in [0.4, 0.5) is 0 Å². The summed E-state index contributed by atoms with van der Waals surface area (Å²) < 4.78 is 43.0. The summed E-state index contributed by atoms with van der Waals surface area (Å²) in [7, 11) is -3.79. The van der Waals surface area contributed by atoms with Gasteiger partial charge in [0.15, 0.2) is 5.76 Å². The highest BCUT2D eigenvalue weighted by molar-refractivity contribution is 7.89. The zero-order valence-corrected chi connectivity index (χ0v) is 19.2. The Kier molecular flexibility index (Phi) is 6.84. The number of hydrogen-bond acceptors (Lipinski definition) is 10. The Morgan fingerprint density at radius 3 is 2.85 bits per heavy atom. The minimum atomic E-state index is -3.79. The maximum absolute atomic E-state index is 13.0. The third-order valence-corrected chi connectivity index (χ3v) is 7.56. The van der Waals surface area contributed by atoms with Crippen molar-refractivity contribution in [2.45, 2.75) is 44.4 Å². The van der Waals surface area contributed by atoms with E-state index in [2.05, 4.69) is 20.3 Å². The predicted molar refractivity (Wildman–Crippen MR) is 114 cm³/mol. The summed E-state index contributed by atoms with van der Waals surface area (Å²) in [6, 6.07) is 3.62. The van der Waals surface area contributed by atoms with Gasteiger partial charge in [0, 0.05) is 37.5 Å². The Hall–Kier alpha value is -3.12. The van der Waals surface area contributed by atoms with Crippen LogP contribution in [0.15, 0.2) is 38.5 Å². The quantitative estimate of drug-likeness (QED) is 0.352.